The van der Waals surface area contributed by atoms with Crippen molar-refractivity contribution in [3.63, 3.8) is 0 Å². The van der Waals surface area contributed by atoms with E-state index in [0.717, 1.165) is 15.6 Å². The second-order valence-corrected chi connectivity index (χ2v) is 5.25. The fourth-order valence-electron chi connectivity index (χ4n) is 1.62. The molecule has 88 valence electrons. The summed E-state index contributed by atoms with van der Waals surface area (Å²) in [4.78, 5) is 0. The van der Waals surface area contributed by atoms with Gasteiger partial charge < -0.3 is 5.11 Å². The topological polar surface area (TPSA) is 20.2 Å². The maximum absolute atomic E-state index is 10.2. The lowest BCUT2D eigenvalue weighted by atomic mass is 10.0. The zero-order chi connectivity index (χ0) is 12.4. The lowest BCUT2D eigenvalue weighted by Crippen LogP contribution is -1.99. The number of aliphatic hydroxyl groups excluding tert-OH is 1. The summed E-state index contributed by atoms with van der Waals surface area (Å²) < 4.78 is 0.794. The summed E-state index contributed by atoms with van der Waals surface area (Å²) in [7, 11) is 0. The van der Waals surface area contributed by atoms with E-state index in [1.807, 2.05) is 43.3 Å². The first-order valence-corrected chi connectivity index (χ1v) is 6.44. The first-order chi connectivity index (χ1) is 8.08. The molecular weight excluding hydrogens is 300 g/mol. The monoisotopic (exact) mass is 310 g/mol. The Morgan fingerprint density at radius 3 is 2.24 bits per heavy atom. The molecule has 1 atom stereocenters. The Kier molecular flexibility index (Phi) is 3.87. The molecule has 0 fully saturated rings. The van der Waals surface area contributed by atoms with E-state index in [2.05, 4.69) is 15.9 Å². The Labute approximate surface area is 114 Å². The highest BCUT2D eigenvalue weighted by Crippen LogP contribution is 2.29. The molecule has 1 unspecified atom stereocenters. The van der Waals surface area contributed by atoms with Crippen LogP contribution in [0.15, 0.2) is 46.9 Å². The van der Waals surface area contributed by atoms with Crippen LogP contribution in [-0.2, 0) is 0 Å². The molecular formula is C14H12BrClO. The summed E-state index contributed by atoms with van der Waals surface area (Å²) in [5, 5.41) is 10.9. The SMILES string of the molecule is Cc1ccc(C(O)c2ccc(Cl)c(Br)c2)cc1. The van der Waals surface area contributed by atoms with Crippen LogP contribution in [0.4, 0.5) is 0 Å². The molecule has 2 rings (SSSR count). The standard InChI is InChI=1S/C14H12BrClO/c1-9-2-4-10(5-3-9)14(17)11-6-7-13(16)12(15)8-11/h2-8,14,17H,1H3. The molecule has 0 saturated heterocycles. The normalized spacial score (nSPS) is 12.5. The van der Waals surface area contributed by atoms with Gasteiger partial charge in [0.05, 0.1) is 5.02 Å². The van der Waals surface area contributed by atoms with Crippen molar-refractivity contribution in [1.82, 2.24) is 0 Å². The van der Waals surface area contributed by atoms with Crippen molar-refractivity contribution >= 4 is 27.5 Å². The molecule has 0 aliphatic rings. The number of aliphatic hydroxyl groups is 1. The van der Waals surface area contributed by atoms with Gasteiger partial charge in [0.2, 0.25) is 0 Å². The van der Waals surface area contributed by atoms with Crippen molar-refractivity contribution in [2.24, 2.45) is 0 Å². The first-order valence-electron chi connectivity index (χ1n) is 5.27. The molecule has 17 heavy (non-hydrogen) atoms. The lowest BCUT2D eigenvalue weighted by Gasteiger charge is -2.12. The average Bonchev–Trinajstić information content (AvgIpc) is 2.33. The molecule has 1 nitrogen and oxygen atoms in total. The highest BCUT2D eigenvalue weighted by molar-refractivity contribution is 9.10. The molecule has 0 aliphatic carbocycles. The van der Waals surface area contributed by atoms with Crippen molar-refractivity contribution < 1.29 is 5.11 Å². The van der Waals surface area contributed by atoms with Crippen LogP contribution >= 0.6 is 27.5 Å². The predicted octanol–water partition coefficient (Wildman–Crippen LogP) is 4.49. The van der Waals surface area contributed by atoms with E-state index in [4.69, 9.17) is 11.6 Å². The van der Waals surface area contributed by atoms with Crippen molar-refractivity contribution in [2.75, 3.05) is 0 Å². The van der Waals surface area contributed by atoms with Gasteiger partial charge in [0.15, 0.2) is 0 Å². The van der Waals surface area contributed by atoms with Gasteiger partial charge in [0.1, 0.15) is 6.10 Å². The molecule has 3 heteroatoms. The van der Waals surface area contributed by atoms with E-state index < -0.39 is 6.10 Å². The van der Waals surface area contributed by atoms with Crippen LogP contribution in [0.5, 0.6) is 0 Å². The second-order valence-electron chi connectivity index (χ2n) is 3.99. The van der Waals surface area contributed by atoms with E-state index in [-0.39, 0.29) is 0 Å². The number of benzene rings is 2. The highest BCUT2D eigenvalue weighted by atomic mass is 79.9. The number of aryl methyl sites for hydroxylation is 1. The van der Waals surface area contributed by atoms with Gasteiger partial charge in [-0.25, -0.2) is 0 Å². The lowest BCUT2D eigenvalue weighted by molar-refractivity contribution is 0.220. The first kappa shape index (κ1) is 12.6. The van der Waals surface area contributed by atoms with Gasteiger partial charge in [0.25, 0.3) is 0 Å². The minimum atomic E-state index is -0.621. The summed E-state index contributed by atoms with van der Waals surface area (Å²) in [5.41, 5.74) is 2.88. The van der Waals surface area contributed by atoms with E-state index in [1.54, 1.807) is 6.07 Å². The fourth-order valence-corrected chi connectivity index (χ4v) is 2.14. The van der Waals surface area contributed by atoms with Crippen molar-refractivity contribution in [2.45, 2.75) is 13.0 Å². The van der Waals surface area contributed by atoms with Crippen molar-refractivity contribution in [1.29, 1.82) is 0 Å². The molecule has 0 aromatic heterocycles. The molecule has 0 aliphatic heterocycles. The number of hydrogen-bond acceptors (Lipinski definition) is 1. The third-order valence-electron chi connectivity index (χ3n) is 2.65. The number of hydrogen-bond donors (Lipinski definition) is 1. The zero-order valence-corrected chi connectivity index (χ0v) is 11.7. The molecule has 2 aromatic rings. The van der Waals surface area contributed by atoms with Crippen molar-refractivity contribution in [3.8, 4) is 0 Å². The Morgan fingerprint density at radius 1 is 1.06 bits per heavy atom. The summed E-state index contributed by atoms with van der Waals surface area (Å²) in [6.07, 6.45) is -0.621. The number of rotatable bonds is 2. The van der Waals surface area contributed by atoms with E-state index in [9.17, 15) is 5.11 Å². The third-order valence-corrected chi connectivity index (χ3v) is 3.87. The van der Waals surface area contributed by atoms with Crippen LogP contribution in [0.1, 0.15) is 22.8 Å². The zero-order valence-electron chi connectivity index (χ0n) is 9.32. The summed E-state index contributed by atoms with van der Waals surface area (Å²) >= 11 is 9.28. The summed E-state index contributed by atoms with van der Waals surface area (Å²) in [6.45, 7) is 2.02. The molecule has 0 heterocycles. The summed E-state index contributed by atoms with van der Waals surface area (Å²) in [6, 6.07) is 13.3. The Morgan fingerprint density at radius 2 is 1.65 bits per heavy atom. The van der Waals surface area contributed by atoms with Crippen LogP contribution in [0, 0.1) is 6.92 Å². The van der Waals surface area contributed by atoms with Gasteiger partial charge in [-0.3, -0.25) is 0 Å². The molecule has 1 N–H and O–H groups in total. The van der Waals surface area contributed by atoms with Crippen LogP contribution in [0.3, 0.4) is 0 Å². The minimum absolute atomic E-state index is 0.621. The minimum Gasteiger partial charge on any atom is -0.384 e. The average molecular weight is 312 g/mol. The Balaban J connectivity index is 2.33. The van der Waals surface area contributed by atoms with E-state index in [0.29, 0.717) is 5.02 Å². The van der Waals surface area contributed by atoms with Crippen LogP contribution < -0.4 is 0 Å². The van der Waals surface area contributed by atoms with Gasteiger partial charge in [-0.15, -0.1) is 0 Å². The molecule has 0 radical (unpaired) electrons. The summed E-state index contributed by atoms with van der Waals surface area (Å²) in [5.74, 6) is 0. The van der Waals surface area contributed by atoms with E-state index >= 15 is 0 Å². The van der Waals surface area contributed by atoms with Crippen LogP contribution in [0.2, 0.25) is 5.02 Å². The van der Waals surface area contributed by atoms with Crippen LogP contribution in [0.25, 0.3) is 0 Å². The highest BCUT2D eigenvalue weighted by Gasteiger charge is 2.11. The molecule has 0 saturated carbocycles. The quantitative estimate of drug-likeness (QED) is 0.866. The largest absolute Gasteiger partial charge is 0.384 e. The van der Waals surface area contributed by atoms with E-state index in [1.165, 1.54) is 5.56 Å². The molecule has 0 spiro atoms. The molecule has 0 amide bonds. The number of halogens is 2. The van der Waals surface area contributed by atoms with Crippen molar-refractivity contribution in [3.05, 3.63) is 68.7 Å². The molecule has 2 aromatic carbocycles. The smallest absolute Gasteiger partial charge is 0.104 e. The van der Waals surface area contributed by atoms with Gasteiger partial charge >= 0.3 is 0 Å². The predicted molar refractivity (Wildman–Crippen MR) is 74.4 cm³/mol. The Bertz CT molecular complexity index is 522. The van der Waals surface area contributed by atoms with Gasteiger partial charge in [-0.05, 0) is 46.1 Å². The van der Waals surface area contributed by atoms with Crippen LogP contribution in [-0.4, -0.2) is 5.11 Å². The maximum atomic E-state index is 10.2. The second kappa shape index (κ2) is 5.21. The maximum Gasteiger partial charge on any atom is 0.104 e. The molecule has 0 bridgehead atoms. The fraction of sp³-hybridized carbons (Fsp3) is 0.143. The third kappa shape index (κ3) is 2.89. The van der Waals surface area contributed by atoms with Gasteiger partial charge in [-0.2, -0.15) is 0 Å². The Hall–Kier alpha value is -0.830. The van der Waals surface area contributed by atoms with Gasteiger partial charge in [-0.1, -0.05) is 47.5 Å². The van der Waals surface area contributed by atoms with Gasteiger partial charge in [0, 0.05) is 4.47 Å².